The van der Waals surface area contributed by atoms with Gasteiger partial charge in [0.15, 0.2) is 5.78 Å². The molecule has 0 amide bonds. The largest absolute Gasteiger partial charge is 0.300 e. The average Bonchev–Trinajstić information content (AvgIpc) is 2.97. The fraction of sp³-hybridized carbons (Fsp3) is 0.367. The van der Waals surface area contributed by atoms with Crippen molar-refractivity contribution in [2.45, 2.75) is 63.7 Å². The number of aryl methyl sites for hydroxylation is 2. The van der Waals surface area contributed by atoms with Gasteiger partial charge >= 0.3 is 0 Å². The number of carbonyl (C=O) groups is 2. The van der Waals surface area contributed by atoms with Gasteiger partial charge in [-0.1, -0.05) is 48.5 Å². The highest BCUT2D eigenvalue weighted by Crippen LogP contribution is 2.50. The fourth-order valence-electron chi connectivity index (χ4n) is 6.14. The number of rotatable bonds is 5. The Kier molecular flexibility index (Phi) is 5.97. The van der Waals surface area contributed by atoms with E-state index in [0.717, 1.165) is 48.9 Å². The topological polar surface area (TPSA) is 47.0 Å². The lowest BCUT2D eigenvalue weighted by Crippen LogP contribution is -2.42. The van der Waals surface area contributed by atoms with Gasteiger partial charge in [-0.3, -0.25) is 14.6 Å². The smallest absolute Gasteiger partial charge is 0.167 e. The SMILES string of the molecule is Cc1ncccc1CC(=O)c1ccc2c(c1)CCC[C@@H]1CC(=O)CC[C@@]21Cc1ccccc1. The molecule has 0 spiro atoms. The van der Waals surface area contributed by atoms with Crippen LogP contribution in [-0.2, 0) is 29.5 Å². The van der Waals surface area contributed by atoms with E-state index in [4.69, 9.17) is 0 Å². The Balaban J connectivity index is 1.52. The van der Waals surface area contributed by atoms with Crippen LogP contribution in [0, 0.1) is 12.8 Å². The number of hydrogen-bond acceptors (Lipinski definition) is 3. The highest BCUT2D eigenvalue weighted by Gasteiger charge is 2.46. The molecule has 1 aromatic heterocycles. The molecule has 0 aliphatic heterocycles. The fourth-order valence-corrected chi connectivity index (χ4v) is 6.14. The van der Waals surface area contributed by atoms with Crippen LogP contribution in [0.15, 0.2) is 66.9 Å². The molecule has 3 heteroatoms. The Morgan fingerprint density at radius 3 is 2.73 bits per heavy atom. The number of Topliss-reactive ketones (excluding diaryl/α,β-unsaturated/α-hetero) is 2. The first-order valence-electron chi connectivity index (χ1n) is 12.2. The maximum absolute atomic E-state index is 13.2. The molecule has 0 unspecified atom stereocenters. The number of benzene rings is 2. The molecule has 1 heterocycles. The molecule has 0 bridgehead atoms. The summed E-state index contributed by atoms with van der Waals surface area (Å²) in [5, 5.41) is 0. The summed E-state index contributed by atoms with van der Waals surface area (Å²) in [5.74, 6) is 0.927. The molecule has 2 aromatic carbocycles. The van der Waals surface area contributed by atoms with E-state index >= 15 is 0 Å². The molecule has 168 valence electrons. The average molecular weight is 438 g/mol. The summed E-state index contributed by atoms with van der Waals surface area (Å²) in [6, 6.07) is 21.0. The van der Waals surface area contributed by atoms with Gasteiger partial charge in [-0.25, -0.2) is 0 Å². The van der Waals surface area contributed by atoms with Crippen LogP contribution >= 0.6 is 0 Å². The van der Waals surface area contributed by atoms with Gasteiger partial charge in [-0.2, -0.15) is 0 Å². The number of fused-ring (bicyclic) bond motifs is 3. The highest BCUT2D eigenvalue weighted by atomic mass is 16.1. The van der Waals surface area contributed by atoms with Crippen molar-refractivity contribution in [2.75, 3.05) is 0 Å². The first-order valence-corrected chi connectivity index (χ1v) is 12.2. The summed E-state index contributed by atoms with van der Waals surface area (Å²) >= 11 is 0. The lowest BCUT2D eigenvalue weighted by Gasteiger charge is -2.44. The number of carbonyl (C=O) groups excluding carboxylic acids is 2. The predicted molar refractivity (Wildman–Crippen MR) is 131 cm³/mol. The molecule has 5 rings (SSSR count). The Bertz CT molecular complexity index is 1180. The van der Waals surface area contributed by atoms with Crippen molar-refractivity contribution in [2.24, 2.45) is 5.92 Å². The number of aromatic nitrogens is 1. The number of nitrogens with zero attached hydrogens (tertiary/aromatic N) is 1. The van der Waals surface area contributed by atoms with Crippen molar-refractivity contribution in [1.29, 1.82) is 0 Å². The van der Waals surface area contributed by atoms with Crippen LogP contribution in [0.5, 0.6) is 0 Å². The molecule has 1 fully saturated rings. The summed E-state index contributed by atoms with van der Waals surface area (Å²) in [6.07, 6.45) is 8.47. The van der Waals surface area contributed by atoms with Crippen molar-refractivity contribution in [3.05, 3.63) is 100 Å². The summed E-state index contributed by atoms with van der Waals surface area (Å²) in [7, 11) is 0. The van der Waals surface area contributed by atoms with E-state index in [1.54, 1.807) is 6.20 Å². The quantitative estimate of drug-likeness (QED) is 0.460. The van der Waals surface area contributed by atoms with E-state index in [-0.39, 0.29) is 11.2 Å². The maximum atomic E-state index is 13.2. The molecule has 33 heavy (non-hydrogen) atoms. The molecule has 2 atom stereocenters. The lowest BCUT2D eigenvalue weighted by atomic mass is 9.58. The van der Waals surface area contributed by atoms with E-state index in [9.17, 15) is 9.59 Å². The molecule has 3 aromatic rings. The molecule has 0 radical (unpaired) electrons. The minimum atomic E-state index is -0.0252. The van der Waals surface area contributed by atoms with Gasteiger partial charge in [0.05, 0.1) is 0 Å². The van der Waals surface area contributed by atoms with Gasteiger partial charge < -0.3 is 0 Å². The van der Waals surface area contributed by atoms with Crippen molar-refractivity contribution < 1.29 is 9.59 Å². The third-order valence-electron chi connectivity index (χ3n) is 7.90. The monoisotopic (exact) mass is 437 g/mol. The first kappa shape index (κ1) is 21.8. The number of hydrogen-bond donors (Lipinski definition) is 0. The zero-order chi connectivity index (χ0) is 22.8. The number of ketones is 2. The van der Waals surface area contributed by atoms with Crippen molar-refractivity contribution in [1.82, 2.24) is 4.98 Å². The summed E-state index contributed by atoms with van der Waals surface area (Å²) in [6.45, 7) is 1.96. The molecule has 0 N–H and O–H groups in total. The van der Waals surface area contributed by atoms with Crippen molar-refractivity contribution in [3.63, 3.8) is 0 Å². The zero-order valence-electron chi connectivity index (χ0n) is 19.3. The second-order valence-electron chi connectivity index (χ2n) is 9.87. The van der Waals surface area contributed by atoms with Gasteiger partial charge in [-0.05, 0) is 79.3 Å². The van der Waals surface area contributed by atoms with Gasteiger partial charge in [0, 0.05) is 42.1 Å². The highest BCUT2D eigenvalue weighted by molar-refractivity contribution is 5.98. The normalized spacial score (nSPS) is 22.2. The minimum absolute atomic E-state index is 0.0252. The lowest BCUT2D eigenvalue weighted by molar-refractivity contribution is -0.123. The zero-order valence-corrected chi connectivity index (χ0v) is 19.3. The summed E-state index contributed by atoms with van der Waals surface area (Å²) in [4.78, 5) is 29.9. The molecule has 2 aliphatic rings. The van der Waals surface area contributed by atoms with Crippen LogP contribution in [0.1, 0.15) is 70.4 Å². The van der Waals surface area contributed by atoms with E-state index in [2.05, 4.69) is 47.4 Å². The second-order valence-corrected chi connectivity index (χ2v) is 9.87. The molecular weight excluding hydrogens is 406 g/mol. The molecule has 0 saturated heterocycles. The van der Waals surface area contributed by atoms with Crippen LogP contribution in [0.25, 0.3) is 0 Å². The van der Waals surface area contributed by atoms with Crippen LogP contribution in [0.3, 0.4) is 0 Å². The standard InChI is InChI=1S/C30H31NO2/c1-21-23(10-6-16-31-21)18-29(33)25-12-13-28-24(17-25)9-5-11-26-19-27(32)14-15-30(26,28)20-22-7-3-2-4-8-22/h2-4,6-8,10,12-13,16-17,26H,5,9,11,14-15,18-20H2,1H3/t26-,30+/m1/s1. The van der Waals surface area contributed by atoms with Gasteiger partial charge in [0.2, 0.25) is 0 Å². The molecular formula is C30H31NO2. The molecule has 3 nitrogen and oxygen atoms in total. The van der Waals surface area contributed by atoms with Crippen molar-refractivity contribution in [3.8, 4) is 0 Å². The Morgan fingerprint density at radius 2 is 1.91 bits per heavy atom. The third kappa shape index (κ3) is 4.29. The van der Waals surface area contributed by atoms with Gasteiger partial charge in [-0.15, -0.1) is 0 Å². The molecule has 1 saturated carbocycles. The van der Waals surface area contributed by atoms with Crippen LogP contribution in [0.2, 0.25) is 0 Å². The van der Waals surface area contributed by atoms with Crippen LogP contribution in [0.4, 0.5) is 0 Å². The Morgan fingerprint density at radius 1 is 1.06 bits per heavy atom. The summed E-state index contributed by atoms with van der Waals surface area (Å²) in [5.41, 5.74) is 6.67. The van der Waals surface area contributed by atoms with Crippen LogP contribution in [-0.4, -0.2) is 16.6 Å². The Hall–Kier alpha value is -3.07. The number of pyridine rings is 1. The molecule has 2 aliphatic carbocycles. The van der Waals surface area contributed by atoms with E-state index in [0.29, 0.717) is 31.0 Å². The Labute approximate surface area is 196 Å². The van der Waals surface area contributed by atoms with Gasteiger partial charge in [0.25, 0.3) is 0 Å². The van der Waals surface area contributed by atoms with Crippen molar-refractivity contribution >= 4 is 11.6 Å². The third-order valence-corrected chi connectivity index (χ3v) is 7.90. The van der Waals surface area contributed by atoms with Crippen LogP contribution < -0.4 is 0 Å². The van der Waals surface area contributed by atoms with E-state index in [1.165, 1.54) is 16.7 Å². The predicted octanol–water partition coefficient (Wildman–Crippen LogP) is 6.00. The van der Waals surface area contributed by atoms with E-state index in [1.807, 2.05) is 25.1 Å². The second kappa shape index (κ2) is 9.05. The maximum Gasteiger partial charge on any atom is 0.167 e. The summed E-state index contributed by atoms with van der Waals surface area (Å²) < 4.78 is 0. The van der Waals surface area contributed by atoms with Gasteiger partial charge in [0.1, 0.15) is 5.78 Å². The first-order chi connectivity index (χ1) is 16.0. The minimum Gasteiger partial charge on any atom is -0.300 e. The van der Waals surface area contributed by atoms with E-state index < -0.39 is 0 Å².